The smallest absolute Gasteiger partial charge is 0.341 e. The molecule has 25 heavy (non-hydrogen) atoms. The van der Waals surface area contributed by atoms with E-state index in [1.54, 1.807) is 12.1 Å². The molecule has 2 aromatic carbocycles. The Morgan fingerprint density at radius 3 is 2.68 bits per heavy atom. The highest BCUT2D eigenvalue weighted by Crippen LogP contribution is 2.26. The molecule has 132 valence electrons. The number of alkyl halides is 2. The van der Waals surface area contributed by atoms with Gasteiger partial charge in [-0.25, -0.2) is 17.8 Å². The van der Waals surface area contributed by atoms with Crippen molar-refractivity contribution in [2.24, 2.45) is 0 Å². The van der Waals surface area contributed by atoms with Gasteiger partial charge in [-0.3, -0.25) is 0 Å². The fourth-order valence-electron chi connectivity index (χ4n) is 2.43. The Morgan fingerprint density at radius 2 is 1.92 bits per heavy atom. The van der Waals surface area contributed by atoms with E-state index in [-0.39, 0.29) is 18.0 Å². The molecule has 0 fully saturated rings. The van der Waals surface area contributed by atoms with Gasteiger partial charge in [-0.05, 0) is 30.3 Å². The maximum Gasteiger partial charge on any atom is 0.341 e. The zero-order valence-corrected chi connectivity index (χ0v) is 13.7. The first-order chi connectivity index (χ1) is 11.9. The number of fused-ring (bicyclic) bond motifs is 1. The van der Waals surface area contributed by atoms with Gasteiger partial charge in [0, 0.05) is 13.0 Å². The summed E-state index contributed by atoms with van der Waals surface area (Å²) in [4.78, 5) is 6.79. The highest BCUT2D eigenvalue weighted by atomic mass is 32.2. The molecule has 0 saturated heterocycles. The predicted molar refractivity (Wildman–Crippen MR) is 87.9 cm³/mol. The first kappa shape index (κ1) is 17.3. The molecule has 0 radical (unpaired) electrons. The van der Waals surface area contributed by atoms with Gasteiger partial charge in [0.05, 0.1) is 21.6 Å². The van der Waals surface area contributed by atoms with E-state index in [1.165, 1.54) is 24.3 Å². The quantitative estimate of drug-likeness (QED) is 0.699. The van der Waals surface area contributed by atoms with Crippen LogP contribution in [-0.2, 0) is 16.3 Å². The first-order valence-corrected chi connectivity index (χ1v) is 8.91. The third-order valence-electron chi connectivity index (χ3n) is 3.60. The molecule has 0 aliphatic heterocycles. The fraction of sp³-hybridized carbons (Fsp3) is 0.188. The number of anilines is 1. The topological polar surface area (TPSA) is 74.8 Å². The molecule has 0 aliphatic carbocycles. The van der Waals surface area contributed by atoms with Crippen LogP contribution in [0.1, 0.15) is 5.82 Å². The number of aromatic amines is 1. The minimum Gasteiger partial charge on any atom is -0.384 e. The lowest BCUT2D eigenvalue weighted by atomic mass is 10.3. The number of nitrogens with one attached hydrogen (secondary N) is 2. The molecule has 0 aliphatic rings. The van der Waals surface area contributed by atoms with Crippen molar-refractivity contribution in [3.63, 3.8) is 0 Å². The number of sulfone groups is 1. The van der Waals surface area contributed by atoms with Crippen molar-refractivity contribution in [1.82, 2.24) is 9.97 Å². The Hall–Kier alpha value is -2.55. The number of hydrogen-bond donors (Lipinski definition) is 2. The van der Waals surface area contributed by atoms with Crippen molar-refractivity contribution < 1.29 is 21.6 Å². The Bertz CT molecular complexity index is 1000. The van der Waals surface area contributed by atoms with Crippen LogP contribution in [0.4, 0.5) is 18.9 Å². The summed E-state index contributed by atoms with van der Waals surface area (Å²) < 4.78 is 62.1. The summed E-state index contributed by atoms with van der Waals surface area (Å²) in [7, 11) is -4.69. The average molecular weight is 369 g/mol. The lowest BCUT2D eigenvalue weighted by Gasteiger charge is -2.11. The standard InChI is InChI=1S/C16H14F3N3O2S/c17-10-5-6-11-13(9-10)22-15(21-11)7-8-20-12-3-1-2-4-14(12)25(23,24)16(18)19/h1-6,9,16,20H,7-8H2,(H,21,22). The van der Waals surface area contributed by atoms with E-state index in [0.717, 1.165) is 6.07 Å². The normalized spacial score (nSPS) is 12.0. The third-order valence-corrected chi connectivity index (χ3v) is 5.04. The van der Waals surface area contributed by atoms with Gasteiger partial charge in [0.2, 0.25) is 9.84 Å². The van der Waals surface area contributed by atoms with Crippen molar-refractivity contribution >= 4 is 26.6 Å². The number of halogens is 3. The molecule has 0 amide bonds. The Balaban J connectivity index is 1.74. The number of nitrogens with zero attached hydrogens (tertiary/aromatic N) is 1. The summed E-state index contributed by atoms with van der Waals surface area (Å²) in [5, 5.41) is 2.83. The second-order valence-electron chi connectivity index (χ2n) is 5.32. The summed E-state index contributed by atoms with van der Waals surface area (Å²) in [5.74, 6) is -3.30. The fourth-order valence-corrected chi connectivity index (χ4v) is 3.33. The summed E-state index contributed by atoms with van der Waals surface area (Å²) in [6, 6.07) is 9.66. The van der Waals surface area contributed by atoms with Crippen molar-refractivity contribution in [3.05, 3.63) is 54.1 Å². The van der Waals surface area contributed by atoms with Crippen molar-refractivity contribution in [2.45, 2.75) is 17.1 Å². The van der Waals surface area contributed by atoms with Gasteiger partial charge in [0.15, 0.2) is 0 Å². The van der Waals surface area contributed by atoms with E-state index in [1.807, 2.05) is 0 Å². The van der Waals surface area contributed by atoms with Gasteiger partial charge in [0.25, 0.3) is 0 Å². The van der Waals surface area contributed by atoms with Crippen LogP contribution in [0.3, 0.4) is 0 Å². The Labute approximate surface area is 141 Å². The molecule has 3 aromatic rings. The Kier molecular flexibility index (Phi) is 4.67. The van der Waals surface area contributed by atoms with E-state index in [0.29, 0.717) is 23.3 Å². The van der Waals surface area contributed by atoms with Crippen LogP contribution in [0.2, 0.25) is 0 Å². The van der Waals surface area contributed by atoms with Gasteiger partial charge >= 0.3 is 5.76 Å². The number of H-pyrrole nitrogens is 1. The lowest BCUT2D eigenvalue weighted by Crippen LogP contribution is -2.15. The second-order valence-corrected chi connectivity index (χ2v) is 7.21. The largest absolute Gasteiger partial charge is 0.384 e. The van der Waals surface area contributed by atoms with Crippen molar-refractivity contribution in [3.8, 4) is 0 Å². The van der Waals surface area contributed by atoms with Crippen molar-refractivity contribution in [2.75, 3.05) is 11.9 Å². The molecule has 2 N–H and O–H groups in total. The van der Waals surface area contributed by atoms with Crippen LogP contribution in [0.25, 0.3) is 11.0 Å². The van der Waals surface area contributed by atoms with E-state index in [2.05, 4.69) is 15.3 Å². The molecule has 0 bridgehead atoms. The molecule has 0 saturated carbocycles. The number of rotatable bonds is 6. The van der Waals surface area contributed by atoms with Crippen molar-refractivity contribution in [1.29, 1.82) is 0 Å². The molecular formula is C16H14F3N3O2S. The minimum atomic E-state index is -4.69. The molecule has 0 spiro atoms. The highest BCUT2D eigenvalue weighted by Gasteiger charge is 2.28. The molecule has 1 heterocycles. The second kappa shape index (κ2) is 6.75. The van der Waals surface area contributed by atoms with Crippen LogP contribution in [0.15, 0.2) is 47.4 Å². The molecular weight excluding hydrogens is 355 g/mol. The zero-order valence-electron chi connectivity index (χ0n) is 12.8. The number of imidazole rings is 1. The first-order valence-electron chi connectivity index (χ1n) is 7.37. The van der Waals surface area contributed by atoms with Gasteiger partial charge in [-0.1, -0.05) is 12.1 Å². The average Bonchev–Trinajstić information content (AvgIpc) is 2.96. The summed E-state index contributed by atoms with van der Waals surface area (Å²) in [6.07, 6.45) is 0.374. The number of hydrogen-bond acceptors (Lipinski definition) is 4. The summed E-state index contributed by atoms with van der Waals surface area (Å²) >= 11 is 0. The summed E-state index contributed by atoms with van der Waals surface area (Å²) in [6.45, 7) is 0.262. The molecule has 0 unspecified atom stereocenters. The van der Waals surface area contributed by atoms with Gasteiger partial charge < -0.3 is 10.3 Å². The number of para-hydroxylation sites is 1. The Morgan fingerprint density at radius 1 is 1.16 bits per heavy atom. The molecule has 1 aromatic heterocycles. The molecule has 0 atom stereocenters. The molecule has 3 rings (SSSR count). The molecule has 9 heteroatoms. The zero-order chi connectivity index (χ0) is 18.0. The minimum absolute atomic E-state index is 0.102. The van der Waals surface area contributed by atoms with E-state index in [9.17, 15) is 21.6 Å². The van der Waals surface area contributed by atoms with Crippen LogP contribution < -0.4 is 5.32 Å². The van der Waals surface area contributed by atoms with Crippen LogP contribution in [0, 0.1) is 5.82 Å². The summed E-state index contributed by atoms with van der Waals surface area (Å²) in [5.41, 5.74) is 1.26. The van der Waals surface area contributed by atoms with Crippen LogP contribution in [-0.4, -0.2) is 30.7 Å². The van der Waals surface area contributed by atoms with E-state index in [4.69, 9.17) is 0 Å². The van der Waals surface area contributed by atoms with Gasteiger partial charge in [-0.2, -0.15) is 8.78 Å². The predicted octanol–water partition coefficient (Wildman–Crippen LogP) is 3.35. The van der Waals surface area contributed by atoms with E-state index < -0.39 is 20.5 Å². The third kappa shape index (κ3) is 3.60. The molecule has 5 nitrogen and oxygen atoms in total. The number of benzene rings is 2. The maximum atomic E-state index is 13.2. The van der Waals surface area contributed by atoms with Crippen LogP contribution in [0.5, 0.6) is 0 Å². The number of aromatic nitrogens is 2. The highest BCUT2D eigenvalue weighted by molar-refractivity contribution is 7.91. The van der Waals surface area contributed by atoms with Gasteiger partial charge in [-0.15, -0.1) is 0 Å². The van der Waals surface area contributed by atoms with E-state index >= 15 is 0 Å². The maximum absolute atomic E-state index is 13.2. The lowest BCUT2D eigenvalue weighted by molar-refractivity contribution is 0.235. The monoisotopic (exact) mass is 369 g/mol. The van der Waals surface area contributed by atoms with Crippen LogP contribution >= 0.6 is 0 Å². The SMILES string of the molecule is O=S(=O)(c1ccccc1NCCc1nc2ccc(F)cc2[nH]1)C(F)F. The van der Waals surface area contributed by atoms with Gasteiger partial charge in [0.1, 0.15) is 11.6 Å².